The topological polar surface area (TPSA) is 46.5 Å². The van der Waals surface area contributed by atoms with Crippen LogP contribution in [0.1, 0.15) is 137 Å². The van der Waals surface area contributed by atoms with E-state index >= 15 is 0 Å². The van der Waals surface area contributed by atoms with E-state index in [1.807, 2.05) is 0 Å². The molecule has 0 radical (unpaired) electrons. The van der Waals surface area contributed by atoms with Crippen LogP contribution in [0.2, 0.25) is 0 Å². The third-order valence-electron chi connectivity index (χ3n) is 4.88. The van der Waals surface area contributed by atoms with Crippen molar-refractivity contribution in [2.75, 3.05) is 6.61 Å². The van der Waals surface area contributed by atoms with Gasteiger partial charge in [0.15, 0.2) is 0 Å². The zero-order valence-corrected chi connectivity index (χ0v) is 19.1. The molecule has 0 amide bonds. The van der Waals surface area contributed by atoms with Gasteiger partial charge < -0.3 is 9.84 Å². The molecule has 1 atom stereocenters. The van der Waals surface area contributed by atoms with Gasteiger partial charge in [0, 0.05) is 6.92 Å². The van der Waals surface area contributed by atoms with Crippen molar-refractivity contribution in [3.05, 3.63) is 0 Å². The van der Waals surface area contributed by atoms with Gasteiger partial charge in [0.05, 0.1) is 12.7 Å². The highest BCUT2D eigenvalue weighted by Crippen LogP contribution is 2.14. The minimum Gasteiger partial charge on any atom is -0.466 e. The lowest BCUT2D eigenvalue weighted by molar-refractivity contribution is -0.140. The predicted octanol–water partition coefficient (Wildman–Crippen LogP) is 7.59. The minimum absolute atomic E-state index is 0.0271. The summed E-state index contributed by atoms with van der Waals surface area (Å²) < 4.78 is 4.40. The fraction of sp³-hybridized carbons (Fsp3) is 0.958. The first-order chi connectivity index (χ1) is 13.1. The Morgan fingerprint density at radius 2 is 1.00 bits per heavy atom. The standard InChI is InChI=1S/C20H42O.C4H8O2/c1-3-5-7-9-11-12-13-15-17-19-20(21)18-16-14-10-8-6-4-2;1-3-6-4(2)5/h20-21H,3-19H2,1-2H3;3H2,1-2H3. The van der Waals surface area contributed by atoms with Crippen LogP contribution >= 0.6 is 0 Å². The van der Waals surface area contributed by atoms with Gasteiger partial charge in [-0.05, 0) is 19.8 Å². The molecule has 0 aromatic rings. The van der Waals surface area contributed by atoms with Crippen LogP contribution in [0.15, 0.2) is 0 Å². The van der Waals surface area contributed by atoms with Crippen molar-refractivity contribution in [3.63, 3.8) is 0 Å². The van der Waals surface area contributed by atoms with Gasteiger partial charge in [-0.3, -0.25) is 4.79 Å². The largest absolute Gasteiger partial charge is 0.466 e. The van der Waals surface area contributed by atoms with E-state index in [1.165, 1.54) is 103 Å². The quantitative estimate of drug-likeness (QED) is 0.195. The molecule has 0 aromatic carbocycles. The maximum Gasteiger partial charge on any atom is 0.302 e. The summed E-state index contributed by atoms with van der Waals surface area (Å²) in [6.07, 6.45) is 22.3. The van der Waals surface area contributed by atoms with E-state index in [9.17, 15) is 9.90 Å². The van der Waals surface area contributed by atoms with E-state index in [4.69, 9.17) is 0 Å². The Balaban J connectivity index is 0. The van der Waals surface area contributed by atoms with Gasteiger partial charge in [0.1, 0.15) is 0 Å². The van der Waals surface area contributed by atoms with Gasteiger partial charge in [0.25, 0.3) is 0 Å². The van der Waals surface area contributed by atoms with E-state index < -0.39 is 0 Å². The van der Waals surface area contributed by atoms with Crippen LogP contribution in [0, 0.1) is 0 Å². The molecule has 0 bridgehead atoms. The number of aliphatic hydroxyl groups is 1. The molecule has 0 rings (SSSR count). The Morgan fingerprint density at radius 1 is 0.667 bits per heavy atom. The Labute approximate surface area is 170 Å². The number of hydrogen-bond acceptors (Lipinski definition) is 3. The van der Waals surface area contributed by atoms with Crippen molar-refractivity contribution in [3.8, 4) is 0 Å². The van der Waals surface area contributed by atoms with Crippen LogP contribution in [-0.2, 0) is 9.53 Å². The number of ether oxygens (including phenoxy) is 1. The Hall–Kier alpha value is -0.570. The summed E-state index contributed by atoms with van der Waals surface area (Å²) in [6.45, 7) is 8.19. The molecule has 27 heavy (non-hydrogen) atoms. The second-order valence-corrected chi connectivity index (χ2v) is 7.75. The Morgan fingerprint density at radius 3 is 1.26 bits per heavy atom. The van der Waals surface area contributed by atoms with E-state index in [1.54, 1.807) is 6.92 Å². The first-order valence-electron chi connectivity index (χ1n) is 11.9. The van der Waals surface area contributed by atoms with Gasteiger partial charge in [-0.2, -0.15) is 0 Å². The summed E-state index contributed by atoms with van der Waals surface area (Å²) in [5, 5.41) is 9.95. The molecule has 1 unspecified atom stereocenters. The van der Waals surface area contributed by atoms with Crippen LogP contribution in [0.3, 0.4) is 0 Å². The summed E-state index contributed by atoms with van der Waals surface area (Å²) in [4.78, 5) is 9.82. The van der Waals surface area contributed by atoms with Crippen molar-refractivity contribution in [1.82, 2.24) is 0 Å². The molecule has 1 N–H and O–H groups in total. The minimum atomic E-state index is -0.211. The average molecular weight is 387 g/mol. The van der Waals surface area contributed by atoms with Crippen LogP contribution in [0.4, 0.5) is 0 Å². The van der Waals surface area contributed by atoms with Gasteiger partial charge in [-0.25, -0.2) is 0 Å². The third-order valence-corrected chi connectivity index (χ3v) is 4.88. The second-order valence-electron chi connectivity index (χ2n) is 7.75. The summed E-state index contributed by atoms with van der Waals surface area (Å²) >= 11 is 0. The Bertz CT molecular complexity index is 279. The molecule has 0 aromatic heterocycles. The summed E-state index contributed by atoms with van der Waals surface area (Å²) in [5.41, 5.74) is 0. The lowest BCUT2D eigenvalue weighted by Crippen LogP contribution is -2.05. The van der Waals surface area contributed by atoms with E-state index in [2.05, 4.69) is 18.6 Å². The lowest BCUT2D eigenvalue weighted by Gasteiger charge is -2.10. The second kappa shape index (κ2) is 25.4. The van der Waals surface area contributed by atoms with E-state index in [0.717, 1.165) is 12.8 Å². The average Bonchev–Trinajstić information content (AvgIpc) is 2.63. The molecule has 3 heteroatoms. The molecule has 0 aliphatic carbocycles. The van der Waals surface area contributed by atoms with Crippen molar-refractivity contribution in [2.45, 2.75) is 143 Å². The molecule has 3 nitrogen and oxygen atoms in total. The van der Waals surface area contributed by atoms with Gasteiger partial charge in [0.2, 0.25) is 0 Å². The SMILES string of the molecule is CCCCCCCCCCCC(O)CCCCCCCC.CCOC(C)=O. The molecule has 0 aliphatic heterocycles. The molecule has 0 saturated carbocycles. The number of aliphatic hydroxyl groups excluding tert-OH is 1. The number of hydrogen-bond donors (Lipinski definition) is 1. The molecule has 164 valence electrons. The normalized spacial score (nSPS) is 11.6. The molecule has 0 heterocycles. The van der Waals surface area contributed by atoms with Crippen molar-refractivity contribution >= 4 is 5.97 Å². The highest BCUT2D eigenvalue weighted by molar-refractivity contribution is 5.65. The van der Waals surface area contributed by atoms with Crippen molar-refractivity contribution < 1.29 is 14.6 Å². The van der Waals surface area contributed by atoms with Crippen LogP contribution < -0.4 is 0 Å². The zero-order valence-electron chi connectivity index (χ0n) is 19.1. The molecular formula is C24H50O3. The maximum absolute atomic E-state index is 9.95. The fourth-order valence-corrected chi connectivity index (χ4v) is 3.20. The van der Waals surface area contributed by atoms with E-state index in [0.29, 0.717) is 6.61 Å². The van der Waals surface area contributed by atoms with Crippen molar-refractivity contribution in [2.24, 2.45) is 0 Å². The number of esters is 1. The van der Waals surface area contributed by atoms with Gasteiger partial charge >= 0.3 is 5.97 Å². The Kier molecular flexibility index (Phi) is 27.0. The first kappa shape index (κ1) is 28.6. The smallest absolute Gasteiger partial charge is 0.302 e. The van der Waals surface area contributed by atoms with Crippen LogP contribution in [0.5, 0.6) is 0 Å². The predicted molar refractivity (Wildman–Crippen MR) is 118 cm³/mol. The molecule has 0 saturated heterocycles. The maximum atomic E-state index is 9.95. The van der Waals surface area contributed by atoms with Gasteiger partial charge in [-0.15, -0.1) is 0 Å². The van der Waals surface area contributed by atoms with E-state index in [-0.39, 0.29) is 12.1 Å². The lowest BCUT2D eigenvalue weighted by atomic mass is 10.0. The summed E-state index contributed by atoms with van der Waals surface area (Å²) in [5.74, 6) is -0.211. The van der Waals surface area contributed by atoms with Crippen LogP contribution in [0.25, 0.3) is 0 Å². The third kappa shape index (κ3) is 30.4. The summed E-state index contributed by atoms with van der Waals surface area (Å²) in [6, 6.07) is 0. The first-order valence-corrected chi connectivity index (χ1v) is 11.9. The molecule has 0 aliphatic rings. The number of unbranched alkanes of at least 4 members (excludes halogenated alkanes) is 13. The fourth-order valence-electron chi connectivity index (χ4n) is 3.20. The number of carbonyl (C=O) groups excluding carboxylic acids is 1. The van der Waals surface area contributed by atoms with Crippen LogP contribution in [-0.4, -0.2) is 23.8 Å². The zero-order chi connectivity index (χ0) is 20.6. The summed E-state index contributed by atoms with van der Waals surface area (Å²) in [7, 11) is 0. The van der Waals surface area contributed by atoms with Crippen molar-refractivity contribution in [1.29, 1.82) is 0 Å². The van der Waals surface area contributed by atoms with Gasteiger partial charge in [-0.1, -0.05) is 110 Å². The monoisotopic (exact) mass is 386 g/mol. The molecular weight excluding hydrogens is 336 g/mol. The number of rotatable bonds is 18. The number of carbonyl (C=O) groups is 1. The highest BCUT2D eigenvalue weighted by atomic mass is 16.5. The highest BCUT2D eigenvalue weighted by Gasteiger charge is 2.03. The molecule has 0 fully saturated rings. The molecule has 0 spiro atoms.